The maximum atomic E-state index is 2.38. The Bertz CT molecular complexity index is 1290. The summed E-state index contributed by atoms with van der Waals surface area (Å²) in [7, 11) is -1.94. The van der Waals surface area contributed by atoms with Gasteiger partial charge in [0, 0.05) is 0 Å². The summed E-state index contributed by atoms with van der Waals surface area (Å²) in [6, 6.07) is 55.3. The Balaban J connectivity index is 1.82. The molecule has 5 rings (SSSR count). The summed E-state index contributed by atoms with van der Waals surface area (Å²) in [6.07, 6.45) is 0. The summed E-state index contributed by atoms with van der Waals surface area (Å²) in [5, 5.41) is 8.58. The molecule has 2 heteroatoms. The highest BCUT2D eigenvalue weighted by Gasteiger charge is 2.28. The van der Waals surface area contributed by atoms with Gasteiger partial charge in [-0.05, 0) is 41.5 Å². The fourth-order valence-corrected chi connectivity index (χ4v) is 10.4. The van der Waals surface area contributed by atoms with E-state index in [1.807, 2.05) is 0 Å². The molecule has 0 aliphatic rings. The average molecular weight is 484 g/mol. The number of allylic oxidation sites excluding steroid dienone is 1. The van der Waals surface area contributed by atoms with E-state index in [9.17, 15) is 0 Å². The first-order chi connectivity index (χ1) is 17.3. The van der Waals surface area contributed by atoms with Crippen LogP contribution in [0.1, 0.15) is 12.5 Å². The van der Waals surface area contributed by atoms with Crippen molar-refractivity contribution in [2.75, 3.05) is 0 Å². The zero-order valence-corrected chi connectivity index (χ0v) is 21.8. The second-order valence-electron chi connectivity index (χ2n) is 8.44. The lowest BCUT2D eigenvalue weighted by molar-refractivity contribution is 1.59. The summed E-state index contributed by atoms with van der Waals surface area (Å²) in [6.45, 7) is 2.38. The molecule has 0 saturated heterocycles. The molecule has 0 aliphatic heterocycles. The van der Waals surface area contributed by atoms with Crippen molar-refractivity contribution in [3.8, 4) is 0 Å². The highest BCUT2D eigenvalue weighted by atomic mass is 31.1. The highest BCUT2D eigenvalue weighted by Crippen LogP contribution is 2.46. The Hall–Kier alpha value is -3.51. The van der Waals surface area contributed by atoms with Crippen molar-refractivity contribution in [3.05, 3.63) is 163 Å². The molecule has 0 N–H and O–H groups in total. The van der Waals surface area contributed by atoms with Crippen molar-refractivity contribution in [2.45, 2.75) is 6.92 Å². The third kappa shape index (κ3) is 5.27. The van der Waals surface area contributed by atoms with Crippen LogP contribution in [-0.2, 0) is 0 Å². The van der Waals surface area contributed by atoms with Crippen LogP contribution in [0.4, 0.5) is 0 Å². The van der Waals surface area contributed by atoms with Crippen LogP contribution in [0.3, 0.4) is 0 Å². The quantitative estimate of drug-likeness (QED) is 0.186. The third-order valence-electron chi connectivity index (χ3n) is 6.16. The molecule has 1 radical (unpaired) electrons. The minimum absolute atomic E-state index is 0.683. The van der Waals surface area contributed by atoms with Crippen LogP contribution in [0.25, 0.3) is 5.20 Å². The fourth-order valence-electron chi connectivity index (χ4n) is 4.61. The first-order valence-electron chi connectivity index (χ1n) is 12.0. The Morgan fingerprint density at radius 1 is 0.457 bits per heavy atom. The van der Waals surface area contributed by atoms with E-state index in [1.165, 1.54) is 37.1 Å². The Morgan fingerprint density at radius 3 is 1.20 bits per heavy atom. The number of benzene rings is 5. The Morgan fingerprint density at radius 2 is 0.800 bits per heavy atom. The molecule has 0 bridgehead atoms. The number of hydrogen-bond acceptors (Lipinski definition) is 0. The topological polar surface area (TPSA) is 0 Å². The maximum absolute atomic E-state index is 2.38. The van der Waals surface area contributed by atoms with Crippen LogP contribution in [0.2, 0.25) is 0 Å². The normalized spacial score (nSPS) is 12.0. The van der Waals surface area contributed by atoms with Gasteiger partial charge in [-0.2, -0.15) is 0 Å². The standard InChI is InChI=1S/C33H28PSi/c1-27(34(29-19-9-3-10-20-29)30-21-11-4-12-22-30)33(28-17-7-2-8-18-28)35(31-23-13-5-14-24-31)32-25-15-6-16-26-32/h2-26H,1H3/b33-27+. The van der Waals surface area contributed by atoms with Crippen molar-refractivity contribution < 1.29 is 0 Å². The lowest BCUT2D eigenvalue weighted by atomic mass is 10.2. The molecule has 5 aromatic carbocycles. The molecule has 0 fully saturated rings. The van der Waals surface area contributed by atoms with E-state index in [1.54, 1.807) is 0 Å². The van der Waals surface area contributed by atoms with Gasteiger partial charge in [0.25, 0.3) is 0 Å². The Labute approximate surface area is 212 Å². The van der Waals surface area contributed by atoms with Gasteiger partial charge in [-0.1, -0.05) is 162 Å². The molecule has 169 valence electrons. The lowest BCUT2D eigenvalue weighted by Crippen LogP contribution is -2.44. The van der Waals surface area contributed by atoms with Crippen LogP contribution in [0.15, 0.2) is 157 Å². The van der Waals surface area contributed by atoms with Gasteiger partial charge in [0.2, 0.25) is 0 Å². The third-order valence-corrected chi connectivity index (χ3v) is 11.9. The molecular formula is C33H28PSi. The minimum atomic E-state index is -1.25. The molecule has 0 aliphatic carbocycles. The summed E-state index contributed by atoms with van der Waals surface area (Å²) in [4.78, 5) is 0. The predicted molar refractivity (Wildman–Crippen MR) is 156 cm³/mol. The van der Waals surface area contributed by atoms with E-state index in [4.69, 9.17) is 0 Å². The molecule has 0 saturated carbocycles. The van der Waals surface area contributed by atoms with E-state index >= 15 is 0 Å². The highest BCUT2D eigenvalue weighted by molar-refractivity contribution is 7.77. The number of rotatable bonds is 7. The summed E-state index contributed by atoms with van der Waals surface area (Å²) in [5.74, 6) is 0. The zero-order chi connectivity index (χ0) is 23.9. The van der Waals surface area contributed by atoms with Crippen molar-refractivity contribution in [1.29, 1.82) is 0 Å². The van der Waals surface area contributed by atoms with Gasteiger partial charge in [0.05, 0.1) is 0 Å². The molecule has 0 amide bonds. The Kier molecular flexibility index (Phi) is 7.49. The smallest absolute Gasteiger partial charge is 0.0624 e. The lowest BCUT2D eigenvalue weighted by Gasteiger charge is -2.28. The molecular weight excluding hydrogens is 455 g/mol. The van der Waals surface area contributed by atoms with E-state index < -0.39 is 16.7 Å². The van der Waals surface area contributed by atoms with Gasteiger partial charge in [0.1, 0.15) is 0 Å². The van der Waals surface area contributed by atoms with E-state index in [2.05, 4.69) is 159 Å². The van der Waals surface area contributed by atoms with Crippen LogP contribution in [0, 0.1) is 0 Å². The van der Waals surface area contributed by atoms with Gasteiger partial charge in [0.15, 0.2) is 8.80 Å². The second-order valence-corrected chi connectivity index (χ2v) is 13.2. The summed E-state index contributed by atoms with van der Waals surface area (Å²) < 4.78 is 0. The monoisotopic (exact) mass is 483 g/mol. The zero-order valence-electron chi connectivity index (χ0n) is 19.9. The van der Waals surface area contributed by atoms with Crippen molar-refractivity contribution in [3.63, 3.8) is 0 Å². The van der Waals surface area contributed by atoms with Gasteiger partial charge in [-0.3, -0.25) is 0 Å². The summed E-state index contributed by atoms with van der Waals surface area (Å²) in [5.41, 5.74) is 1.32. The average Bonchev–Trinajstić information content (AvgIpc) is 2.94. The first-order valence-corrected chi connectivity index (χ1v) is 14.8. The molecule has 0 aromatic heterocycles. The largest absolute Gasteiger partial charge is 0.155 e. The molecule has 0 spiro atoms. The first kappa shape index (κ1) is 23.2. The van der Waals surface area contributed by atoms with Gasteiger partial charge >= 0.3 is 0 Å². The van der Waals surface area contributed by atoms with E-state index in [-0.39, 0.29) is 0 Å². The second kappa shape index (κ2) is 11.3. The summed E-state index contributed by atoms with van der Waals surface area (Å²) >= 11 is 0. The minimum Gasteiger partial charge on any atom is -0.0624 e. The van der Waals surface area contributed by atoms with E-state index in [0.717, 1.165) is 0 Å². The molecule has 0 heterocycles. The van der Waals surface area contributed by atoms with Crippen LogP contribution in [-0.4, -0.2) is 8.80 Å². The molecule has 35 heavy (non-hydrogen) atoms. The van der Waals surface area contributed by atoms with Crippen LogP contribution < -0.4 is 21.0 Å². The predicted octanol–water partition coefficient (Wildman–Crippen LogP) is 6.40. The SMILES string of the molecule is C/C(=C(/c1ccccc1)[Si](c1ccccc1)c1ccccc1)P(c1ccccc1)c1ccccc1. The van der Waals surface area contributed by atoms with Crippen LogP contribution >= 0.6 is 7.92 Å². The maximum Gasteiger partial charge on any atom is 0.155 e. The molecule has 0 atom stereocenters. The van der Waals surface area contributed by atoms with Crippen molar-refractivity contribution in [1.82, 2.24) is 0 Å². The van der Waals surface area contributed by atoms with Crippen LogP contribution in [0.5, 0.6) is 0 Å². The van der Waals surface area contributed by atoms with Crippen molar-refractivity contribution in [2.24, 2.45) is 0 Å². The molecule has 0 unspecified atom stereocenters. The molecule has 5 aromatic rings. The van der Waals surface area contributed by atoms with Gasteiger partial charge < -0.3 is 0 Å². The van der Waals surface area contributed by atoms with E-state index in [0.29, 0.717) is 0 Å². The van der Waals surface area contributed by atoms with Gasteiger partial charge in [-0.25, -0.2) is 0 Å². The number of hydrogen-bond donors (Lipinski definition) is 0. The fraction of sp³-hybridized carbons (Fsp3) is 0.0303. The van der Waals surface area contributed by atoms with Crippen molar-refractivity contribution >= 4 is 42.9 Å². The van der Waals surface area contributed by atoms with Gasteiger partial charge in [-0.15, -0.1) is 0 Å². The molecule has 0 nitrogen and oxygen atoms in total.